The van der Waals surface area contributed by atoms with Crippen molar-refractivity contribution in [2.24, 2.45) is 0 Å². The number of hydrogen-bond donors (Lipinski definition) is 0. The second-order valence-electron chi connectivity index (χ2n) is 9.52. The van der Waals surface area contributed by atoms with E-state index in [4.69, 9.17) is 11.6 Å². The highest BCUT2D eigenvalue weighted by Gasteiger charge is 2.37. The van der Waals surface area contributed by atoms with Crippen LogP contribution in [-0.2, 0) is 6.18 Å². The van der Waals surface area contributed by atoms with Crippen molar-refractivity contribution in [2.45, 2.75) is 12.2 Å². The molecule has 0 spiro atoms. The second-order valence-corrected chi connectivity index (χ2v) is 10.8. The molecule has 0 saturated carbocycles. The number of carbonyl (C=O) groups is 2. The third-order valence-electron chi connectivity index (χ3n) is 7.20. The van der Waals surface area contributed by atoms with Crippen LogP contribution in [0.5, 0.6) is 0 Å². The molecule has 39 heavy (non-hydrogen) atoms. The maximum Gasteiger partial charge on any atom is 0.417 e. The summed E-state index contributed by atoms with van der Waals surface area (Å²) in [6.07, 6.45) is -0.481. The molecule has 2 saturated heterocycles. The van der Waals surface area contributed by atoms with Crippen molar-refractivity contribution in [1.82, 2.24) is 29.2 Å². The number of fused-ring (bicyclic) bond motifs is 1. The number of nitrogens with zero attached hydrogens (tertiary/aromatic N) is 6. The molecule has 4 aromatic rings. The molecule has 1 aromatic carbocycles. The van der Waals surface area contributed by atoms with Crippen LogP contribution < -0.4 is 0 Å². The number of hydrogen-bond acceptors (Lipinski definition) is 6. The van der Waals surface area contributed by atoms with E-state index in [2.05, 4.69) is 14.9 Å². The van der Waals surface area contributed by atoms with Gasteiger partial charge in [0.05, 0.1) is 16.1 Å². The first kappa shape index (κ1) is 25.8. The van der Waals surface area contributed by atoms with Gasteiger partial charge < -0.3 is 9.80 Å². The van der Waals surface area contributed by atoms with Gasteiger partial charge in [0.15, 0.2) is 10.8 Å². The van der Waals surface area contributed by atoms with Crippen LogP contribution in [0.3, 0.4) is 0 Å². The van der Waals surface area contributed by atoms with E-state index in [-0.39, 0.29) is 28.7 Å². The molecule has 3 aromatic heterocycles. The zero-order valence-electron chi connectivity index (χ0n) is 20.4. The average molecular weight is 575 g/mol. The lowest BCUT2D eigenvalue weighted by molar-refractivity contribution is -0.137. The van der Waals surface area contributed by atoms with Crippen LogP contribution in [0.25, 0.3) is 16.7 Å². The molecule has 0 aliphatic carbocycles. The van der Waals surface area contributed by atoms with E-state index in [1.165, 1.54) is 11.3 Å². The number of alkyl halides is 3. The molecule has 202 valence electrons. The number of halogens is 4. The molecule has 2 aliphatic heterocycles. The molecule has 0 bridgehead atoms. The number of carbonyl (C=O) groups excluding carboxylic acids is 2. The summed E-state index contributed by atoms with van der Waals surface area (Å²) in [5.74, 6) is 0.0672. The molecule has 0 radical (unpaired) electrons. The first-order chi connectivity index (χ1) is 18.7. The van der Waals surface area contributed by atoms with Crippen molar-refractivity contribution >= 4 is 45.7 Å². The maximum atomic E-state index is 13.1. The summed E-state index contributed by atoms with van der Waals surface area (Å²) in [7, 11) is 0. The summed E-state index contributed by atoms with van der Waals surface area (Å²) in [6, 6.07) is 8.09. The number of pyridine rings is 1. The molecule has 13 heteroatoms. The van der Waals surface area contributed by atoms with Crippen molar-refractivity contribution in [2.75, 3.05) is 39.3 Å². The maximum absolute atomic E-state index is 13.1. The molecule has 6 rings (SSSR count). The van der Waals surface area contributed by atoms with E-state index in [0.717, 1.165) is 30.7 Å². The molecule has 5 heterocycles. The van der Waals surface area contributed by atoms with Gasteiger partial charge in [-0.1, -0.05) is 11.6 Å². The predicted molar refractivity (Wildman–Crippen MR) is 140 cm³/mol. The van der Waals surface area contributed by atoms with Gasteiger partial charge in [-0.3, -0.25) is 19.1 Å². The molecule has 0 N–H and O–H groups in total. The Morgan fingerprint density at radius 1 is 0.974 bits per heavy atom. The highest BCUT2D eigenvalue weighted by atomic mass is 35.5. The van der Waals surface area contributed by atoms with Crippen LogP contribution in [0.4, 0.5) is 13.2 Å². The number of piperazine rings is 1. The van der Waals surface area contributed by atoms with Crippen LogP contribution in [-0.4, -0.2) is 86.4 Å². The Bertz CT molecular complexity index is 1540. The fourth-order valence-electron chi connectivity index (χ4n) is 5.01. The number of amides is 2. The van der Waals surface area contributed by atoms with Gasteiger partial charge in [-0.2, -0.15) is 13.2 Å². The standard InChI is InChI=1S/C26H22ClF3N6O2S/c27-20-12-18(26(28,29)30)13-32-22(20)36-5-3-16-11-17(1-2-21(16)36)24(37)35-14-19(15-35)33-6-8-34(9-7-33)25(38)23-31-4-10-39-23/h1-5,10-13,19H,6-9,14-15H2. The highest BCUT2D eigenvalue weighted by Crippen LogP contribution is 2.33. The zero-order valence-corrected chi connectivity index (χ0v) is 22.0. The van der Waals surface area contributed by atoms with E-state index in [1.807, 2.05) is 4.90 Å². The predicted octanol–water partition coefficient (Wildman–Crippen LogP) is 4.44. The summed E-state index contributed by atoms with van der Waals surface area (Å²) in [4.78, 5) is 39.6. The Balaban J connectivity index is 1.08. The van der Waals surface area contributed by atoms with Gasteiger partial charge in [0.1, 0.15) is 0 Å². The smallest absolute Gasteiger partial charge is 0.335 e. The molecule has 2 fully saturated rings. The lowest BCUT2D eigenvalue weighted by Gasteiger charge is -2.48. The minimum atomic E-state index is -4.53. The van der Waals surface area contributed by atoms with Crippen LogP contribution in [0.2, 0.25) is 5.02 Å². The van der Waals surface area contributed by atoms with Gasteiger partial charge in [-0.15, -0.1) is 11.3 Å². The van der Waals surface area contributed by atoms with Gasteiger partial charge in [0.25, 0.3) is 11.8 Å². The number of aromatic nitrogens is 3. The van der Waals surface area contributed by atoms with Crippen LogP contribution in [0.1, 0.15) is 25.7 Å². The van der Waals surface area contributed by atoms with Gasteiger partial charge in [0.2, 0.25) is 0 Å². The topological polar surface area (TPSA) is 74.6 Å². The largest absolute Gasteiger partial charge is 0.417 e. The average Bonchev–Trinajstić information content (AvgIpc) is 3.57. The van der Waals surface area contributed by atoms with Crippen molar-refractivity contribution in [3.63, 3.8) is 0 Å². The molecular weight excluding hydrogens is 553 g/mol. The van der Waals surface area contributed by atoms with Gasteiger partial charge in [-0.05, 0) is 30.3 Å². The Kier molecular flexibility index (Phi) is 6.56. The molecule has 0 unspecified atom stereocenters. The van der Waals surface area contributed by atoms with E-state index in [1.54, 1.807) is 51.5 Å². The summed E-state index contributed by atoms with van der Waals surface area (Å²) in [6.45, 7) is 4.00. The fraction of sp³-hybridized carbons (Fsp3) is 0.308. The second kappa shape index (κ2) is 9.92. The lowest BCUT2D eigenvalue weighted by atomic mass is 10.0. The van der Waals surface area contributed by atoms with E-state index < -0.39 is 11.7 Å². The summed E-state index contributed by atoms with van der Waals surface area (Å²) >= 11 is 7.48. The Morgan fingerprint density at radius 2 is 1.74 bits per heavy atom. The van der Waals surface area contributed by atoms with E-state index in [0.29, 0.717) is 42.3 Å². The van der Waals surface area contributed by atoms with E-state index >= 15 is 0 Å². The molecule has 8 nitrogen and oxygen atoms in total. The quantitative estimate of drug-likeness (QED) is 0.360. The van der Waals surface area contributed by atoms with Crippen LogP contribution in [0, 0.1) is 0 Å². The third-order valence-corrected chi connectivity index (χ3v) is 8.24. The van der Waals surface area contributed by atoms with Crippen LogP contribution >= 0.6 is 22.9 Å². The summed E-state index contributed by atoms with van der Waals surface area (Å²) < 4.78 is 40.5. The molecule has 2 aliphatic rings. The van der Waals surface area contributed by atoms with Crippen molar-refractivity contribution in [1.29, 1.82) is 0 Å². The van der Waals surface area contributed by atoms with Crippen molar-refractivity contribution in [3.05, 3.63) is 75.5 Å². The van der Waals surface area contributed by atoms with Crippen LogP contribution in [0.15, 0.2) is 54.3 Å². The van der Waals surface area contributed by atoms with Gasteiger partial charge in [0, 0.05) is 80.2 Å². The normalized spacial score (nSPS) is 17.0. The summed E-state index contributed by atoms with van der Waals surface area (Å²) in [5, 5.41) is 2.93. The Morgan fingerprint density at radius 3 is 2.41 bits per heavy atom. The monoisotopic (exact) mass is 574 g/mol. The fourth-order valence-corrected chi connectivity index (χ4v) is 5.87. The minimum Gasteiger partial charge on any atom is -0.335 e. The first-order valence-electron chi connectivity index (χ1n) is 12.3. The number of benzene rings is 1. The molecular formula is C26H22ClF3N6O2S. The zero-order chi connectivity index (χ0) is 27.3. The Labute approximate surface area is 230 Å². The van der Waals surface area contributed by atoms with Crippen molar-refractivity contribution in [3.8, 4) is 5.82 Å². The van der Waals surface area contributed by atoms with Crippen molar-refractivity contribution < 1.29 is 22.8 Å². The lowest BCUT2D eigenvalue weighted by Crippen LogP contribution is -2.64. The highest BCUT2D eigenvalue weighted by molar-refractivity contribution is 7.11. The van der Waals surface area contributed by atoms with Gasteiger partial charge in [-0.25, -0.2) is 9.97 Å². The SMILES string of the molecule is O=C(c1ccc2c(ccn2-c2ncc(C(F)(F)F)cc2Cl)c1)N1CC(N2CCN(C(=O)c3nccs3)CC2)C1. The van der Waals surface area contributed by atoms with E-state index in [9.17, 15) is 22.8 Å². The number of rotatable bonds is 4. The Hall–Kier alpha value is -3.48. The summed E-state index contributed by atoms with van der Waals surface area (Å²) in [5.41, 5.74) is 0.288. The number of likely N-dealkylation sites (tertiary alicyclic amines) is 1. The third kappa shape index (κ3) is 4.88. The minimum absolute atomic E-state index is 0.0318. The molecule has 0 atom stereocenters. The van der Waals surface area contributed by atoms with Gasteiger partial charge >= 0.3 is 6.18 Å². The molecule has 2 amide bonds. The number of thiazole rings is 1. The first-order valence-corrected chi connectivity index (χ1v) is 13.5.